The normalized spacial score (nSPS) is 24.5. The number of halogens is 3. The fraction of sp³-hybridized carbons (Fsp3) is 0.400. The van der Waals surface area contributed by atoms with Gasteiger partial charge in [0, 0.05) is 23.0 Å². The Morgan fingerprint density at radius 2 is 1.78 bits per heavy atom. The van der Waals surface area contributed by atoms with E-state index < -0.39 is 11.6 Å². The fourth-order valence-corrected chi connectivity index (χ4v) is 5.10. The van der Waals surface area contributed by atoms with Crippen LogP contribution in [0.2, 0.25) is 0 Å². The van der Waals surface area contributed by atoms with Crippen molar-refractivity contribution >= 4 is 16.8 Å². The molecule has 7 heteroatoms. The van der Waals surface area contributed by atoms with Crippen LogP contribution in [-0.4, -0.2) is 28.5 Å². The van der Waals surface area contributed by atoms with Crippen LogP contribution in [0.15, 0.2) is 36.4 Å². The van der Waals surface area contributed by atoms with Crippen molar-refractivity contribution in [1.82, 2.24) is 15.6 Å². The zero-order valence-corrected chi connectivity index (χ0v) is 18.1. The van der Waals surface area contributed by atoms with Gasteiger partial charge in [-0.3, -0.25) is 4.79 Å². The number of rotatable bonds is 4. The van der Waals surface area contributed by atoms with E-state index in [9.17, 15) is 18.0 Å². The molecule has 2 fully saturated rings. The van der Waals surface area contributed by atoms with Crippen molar-refractivity contribution in [3.8, 4) is 11.3 Å². The summed E-state index contributed by atoms with van der Waals surface area (Å²) in [5, 5.41) is 6.98. The van der Waals surface area contributed by atoms with Crippen molar-refractivity contribution in [1.29, 1.82) is 0 Å². The lowest BCUT2D eigenvalue weighted by atomic mass is 9.74. The summed E-state index contributed by atoms with van der Waals surface area (Å²) >= 11 is 0. The van der Waals surface area contributed by atoms with Gasteiger partial charge < -0.3 is 15.6 Å². The highest BCUT2D eigenvalue weighted by molar-refractivity contribution is 5.92. The van der Waals surface area contributed by atoms with Crippen molar-refractivity contribution in [2.24, 2.45) is 0 Å². The Morgan fingerprint density at radius 3 is 2.44 bits per heavy atom. The van der Waals surface area contributed by atoms with Gasteiger partial charge in [-0.2, -0.15) is 0 Å². The molecule has 0 spiro atoms. The fourth-order valence-electron chi connectivity index (χ4n) is 5.10. The first-order valence-corrected chi connectivity index (χ1v) is 11.0. The lowest BCUT2D eigenvalue weighted by Gasteiger charge is -2.37. The molecule has 0 bridgehead atoms. The first kappa shape index (κ1) is 21.1. The number of nitrogens with one attached hydrogen (secondary N) is 3. The number of aromatic nitrogens is 1. The number of benzene rings is 2. The van der Waals surface area contributed by atoms with Crippen LogP contribution < -0.4 is 10.6 Å². The van der Waals surface area contributed by atoms with Gasteiger partial charge >= 0.3 is 0 Å². The van der Waals surface area contributed by atoms with Gasteiger partial charge in [-0.15, -0.1) is 0 Å². The van der Waals surface area contributed by atoms with Crippen molar-refractivity contribution < 1.29 is 18.0 Å². The van der Waals surface area contributed by atoms with Crippen molar-refractivity contribution in [3.63, 3.8) is 0 Å². The Balaban J connectivity index is 1.40. The molecular formula is C25H26F3N3O. The Kier molecular flexibility index (Phi) is 5.04. The molecule has 5 rings (SSSR count). The molecule has 3 aromatic rings. The van der Waals surface area contributed by atoms with Gasteiger partial charge in [-0.1, -0.05) is 0 Å². The highest BCUT2D eigenvalue weighted by Gasteiger charge is 2.39. The molecule has 1 saturated heterocycles. The SMILES string of the molecule is CC1(C)CCC(C(=O)N[C@H]2C[C@H](c3c(-c4ccc(F)cc4)[nH]c4c(F)cc(F)cc43)C2)N1. The van der Waals surface area contributed by atoms with Gasteiger partial charge in [0.1, 0.15) is 17.5 Å². The van der Waals surface area contributed by atoms with Crippen LogP contribution in [-0.2, 0) is 4.79 Å². The summed E-state index contributed by atoms with van der Waals surface area (Å²) in [7, 11) is 0. The van der Waals surface area contributed by atoms with Gasteiger partial charge in [0.05, 0.1) is 17.3 Å². The van der Waals surface area contributed by atoms with E-state index in [-0.39, 0.29) is 40.8 Å². The number of fused-ring (bicyclic) bond motifs is 1. The third kappa shape index (κ3) is 3.79. The average Bonchev–Trinajstić information content (AvgIpc) is 3.25. The molecule has 0 radical (unpaired) electrons. The Morgan fingerprint density at radius 1 is 1.06 bits per heavy atom. The summed E-state index contributed by atoms with van der Waals surface area (Å²) in [6, 6.07) is 7.98. The molecule has 168 valence electrons. The Bertz CT molecular complexity index is 1180. The van der Waals surface area contributed by atoms with Crippen LogP contribution in [0, 0.1) is 17.5 Å². The Labute approximate surface area is 184 Å². The summed E-state index contributed by atoms with van der Waals surface area (Å²) in [5.74, 6) is -1.62. The second-order valence-electron chi connectivity index (χ2n) is 9.72. The highest BCUT2D eigenvalue weighted by atomic mass is 19.1. The standard InChI is InChI=1S/C25H26F3N3O/c1-25(2)8-7-20(31-25)24(32)29-17-9-14(10-17)21-18-11-16(27)12-19(28)23(18)30-22(21)13-3-5-15(26)6-4-13/h3-6,11-12,14,17,20,30-31H,7-10H2,1-2H3,(H,29,32)/t14-,17-,20?. The topological polar surface area (TPSA) is 56.9 Å². The van der Waals surface area contributed by atoms with Gasteiger partial charge in [-0.25, -0.2) is 13.2 Å². The summed E-state index contributed by atoms with van der Waals surface area (Å²) in [6.45, 7) is 4.18. The number of hydrogen-bond donors (Lipinski definition) is 3. The summed E-state index contributed by atoms with van der Waals surface area (Å²) < 4.78 is 42.0. The minimum atomic E-state index is -0.659. The molecule has 4 nitrogen and oxygen atoms in total. The van der Waals surface area contributed by atoms with Crippen LogP contribution in [0.4, 0.5) is 13.2 Å². The quantitative estimate of drug-likeness (QED) is 0.525. The maximum atomic E-state index is 14.5. The number of carbonyl (C=O) groups excluding carboxylic acids is 1. The molecule has 3 N–H and O–H groups in total. The first-order chi connectivity index (χ1) is 15.2. The second kappa shape index (κ2) is 7.66. The minimum Gasteiger partial charge on any atom is -0.352 e. The molecule has 1 amide bonds. The zero-order valence-electron chi connectivity index (χ0n) is 18.1. The number of amides is 1. The molecule has 1 aliphatic heterocycles. The molecule has 2 heterocycles. The van der Waals surface area contributed by atoms with E-state index in [1.54, 1.807) is 12.1 Å². The minimum absolute atomic E-state index is 0.00815. The maximum absolute atomic E-state index is 14.5. The summed E-state index contributed by atoms with van der Waals surface area (Å²) in [5.41, 5.74) is 2.40. The molecule has 1 atom stereocenters. The van der Waals surface area contributed by atoms with E-state index in [0.717, 1.165) is 24.5 Å². The van der Waals surface area contributed by atoms with Crippen LogP contribution in [0.3, 0.4) is 0 Å². The number of H-pyrrole nitrogens is 1. The smallest absolute Gasteiger partial charge is 0.237 e. The lowest BCUT2D eigenvalue weighted by Crippen LogP contribution is -2.51. The largest absolute Gasteiger partial charge is 0.352 e. The van der Waals surface area contributed by atoms with Crippen LogP contribution in [0.5, 0.6) is 0 Å². The number of hydrogen-bond acceptors (Lipinski definition) is 2. The monoisotopic (exact) mass is 441 g/mol. The number of aromatic amines is 1. The third-order valence-electron chi connectivity index (χ3n) is 6.83. The number of carbonyl (C=O) groups is 1. The van der Waals surface area contributed by atoms with E-state index in [4.69, 9.17) is 0 Å². The van der Waals surface area contributed by atoms with Gasteiger partial charge in [0.15, 0.2) is 0 Å². The van der Waals surface area contributed by atoms with Crippen LogP contribution in [0.25, 0.3) is 22.2 Å². The van der Waals surface area contributed by atoms with E-state index in [1.165, 1.54) is 18.2 Å². The van der Waals surface area contributed by atoms with E-state index in [1.807, 2.05) is 0 Å². The molecule has 1 aromatic heterocycles. The molecular weight excluding hydrogens is 415 g/mol. The predicted octanol–water partition coefficient (Wildman–Crippen LogP) is 5.15. The highest BCUT2D eigenvalue weighted by Crippen LogP contribution is 2.45. The molecule has 2 aliphatic rings. The van der Waals surface area contributed by atoms with E-state index >= 15 is 0 Å². The van der Waals surface area contributed by atoms with Gasteiger partial charge in [0.2, 0.25) is 5.91 Å². The van der Waals surface area contributed by atoms with Crippen LogP contribution >= 0.6 is 0 Å². The lowest BCUT2D eigenvalue weighted by molar-refractivity contribution is -0.124. The molecule has 1 saturated carbocycles. The van der Waals surface area contributed by atoms with Gasteiger partial charge in [0.25, 0.3) is 0 Å². The van der Waals surface area contributed by atoms with Crippen molar-refractivity contribution in [2.75, 3.05) is 0 Å². The second-order valence-corrected chi connectivity index (χ2v) is 9.72. The average molecular weight is 441 g/mol. The zero-order chi connectivity index (χ0) is 22.6. The third-order valence-corrected chi connectivity index (χ3v) is 6.83. The van der Waals surface area contributed by atoms with E-state index in [0.29, 0.717) is 29.5 Å². The Hall–Kier alpha value is -2.80. The first-order valence-electron chi connectivity index (χ1n) is 11.0. The predicted molar refractivity (Wildman–Crippen MR) is 118 cm³/mol. The van der Waals surface area contributed by atoms with Gasteiger partial charge in [-0.05, 0) is 86.9 Å². The van der Waals surface area contributed by atoms with E-state index in [2.05, 4.69) is 29.5 Å². The van der Waals surface area contributed by atoms with Crippen molar-refractivity contribution in [3.05, 3.63) is 59.4 Å². The molecule has 1 unspecified atom stereocenters. The molecule has 32 heavy (non-hydrogen) atoms. The summed E-state index contributed by atoms with van der Waals surface area (Å²) in [6.07, 6.45) is 3.12. The van der Waals surface area contributed by atoms with Crippen molar-refractivity contribution in [2.45, 2.75) is 63.1 Å². The molecule has 2 aromatic carbocycles. The van der Waals surface area contributed by atoms with Crippen LogP contribution in [0.1, 0.15) is 51.0 Å². The maximum Gasteiger partial charge on any atom is 0.237 e. The summed E-state index contributed by atoms with van der Waals surface area (Å²) in [4.78, 5) is 15.7. The molecule has 1 aliphatic carbocycles.